The van der Waals surface area contributed by atoms with E-state index < -0.39 is 0 Å². The van der Waals surface area contributed by atoms with Gasteiger partial charge in [0, 0.05) is 43.0 Å². The van der Waals surface area contributed by atoms with Crippen LogP contribution in [0.25, 0.3) is 6.08 Å². The predicted octanol–water partition coefficient (Wildman–Crippen LogP) is 4.72. The van der Waals surface area contributed by atoms with Crippen LogP contribution in [0.5, 0.6) is 5.75 Å². The number of hydrogen-bond donors (Lipinski definition) is 0. The van der Waals surface area contributed by atoms with Crippen LogP contribution in [-0.2, 0) is 9.59 Å². The fourth-order valence-corrected chi connectivity index (χ4v) is 5.58. The number of piperazine rings is 1. The number of Topliss-reactive ketones (excluding diaryl/α,β-unsaturated/α-hetero) is 1. The molecule has 0 bridgehead atoms. The number of aliphatic imine (C=N–C) groups is 1. The Hall–Kier alpha value is -4.37. The summed E-state index contributed by atoms with van der Waals surface area (Å²) in [5.74, 6) is 0.610. The van der Waals surface area contributed by atoms with E-state index in [1.807, 2.05) is 83.8 Å². The minimum Gasteiger partial charge on any atom is -0.496 e. The van der Waals surface area contributed by atoms with Gasteiger partial charge in [-0.15, -0.1) is 0 Å². The minimum absolute atomic E-state index is 0.00176. The zero-order chi connectivity index (χ0) is 28.1. The number of ether oxygens (including phenoxy) is 1. The molecular weight excluding hydrogens is 524 g/mol. The normalized spacial score (nSPS) is 16.4. The van der Waals surface area contributed by atoms with E-state index in [0.29, 0.717) is 48.3 Å². The lowest BCUT2D eigenvalue weighted by Crippen LogP contribution is -2.49. The molecule has 2 aliphatic heterocycles. The molecule has 9 heteroatoms. The molecule has 0 saturated carbocycles. The monoisotopic (exact) mass is 554 g/mol. The summed E-state index contributed by atoms with van der Waals surface area (Å²) in [6.45, 7) is 4.16. The third-order valence-electron chi connectivity index (χ3n) is 6.87. The van der Waals surface area contributed by atoms with E-state index in [4.69, 9.17) is 4.74 Å². The Kier molecular flexibility index (Phi) is 8.31. The number of thioether (sulfide) groups is 1. The Balaban J connectivity index is 1.27. The predicted molar refractivity (Wildman–Crippen MR) is 160 cm³/mol. The highest BCUT2D eigenvalue weighted by atomic mass is 32.2. The largest absolute Gasteiger partial charge is 0.496 e. The number of anilines is 2. The molecule has 2 amide bonds. The van der Waals surface area contributed by atoms with E-state index in [0.717, 1.165) is 11.3 Å². The molecule has 1 fully saturated rings. The molecule has 0 atom stereocenters. The van der Waals surface area contributed by atoms with E-state index in [1.165, 1.54) is 11.8 Å². The van der Waals surface area contributed by atoms with Crippen LogP contribution in [0.15, 0.2) is 89.6 Å². The fraction of sp³-hybridized carbons (Fsp3) is 0.226. The summed E-state index contributed by atoms with van der Waals surface area (Å²) in [6, 6.07) is 24.4. The molecule has 204 valence electrons. The lowest BCUT2D eigenvalue weighted by atomic mass is 10.1. The van der Waals surface area contributed by atoms with E-state index >= 15 is 0 Å². The second-order valence-electron chi connectivity index (χ2n) is 9.40. The van der Waals surface area contributed by atoms with Crippen molar-refractivity contribution in [1.29, 1.82) is 0 Å². The third kappa shape index (κ3) is 5.94. The van der Waals surface area contributed by atoms with E-state index in [9.17, 15) is 14.4 Å². The number of ketones is 1. The maximum absolute atomic E-state index is 13.5. The van der Waals surface area contributed by atoms with E-state index in [1.54, 1.807) is 25.0 Å². The van der Waals surface area contributed by atoms with Crippen molar-refractivity contribution in [2.45, 2.75) is 6.92 Å². The highest BCUT2D eigenvalue weighted by Gasteiger charge is 2.33. The first-order valence-electron chi connectivity index (χ1n) is 13.0. The van der Waals surface area contributed by atoms with Gasteiger partial charge >= 0.3 is 0 Å². The SMILES string of the molecule is COc1ccccc1/C=C1\N=C(SCC(=O)N2CCN(c3ccc(C(C)=O)cc3)CC2)N(c2ccccc2)C1=O. The molecule has 2 aliphatic rings. The lowest BCUT2D eigenvalue weighted by Gasteiger charge is -2.36. The second-order valence-corrected chi connectivity index (χ2v) is 10.3. The Morgan fingerprint density at radius 1 is 0.900 bits per heavy atom. The van der Waals surface area contributed by atoms with Crippen molar-refractivity contribution in [3.8, 4) is 5.75 Å². The van der Waals surface area contributed by atoms with Crippen LogP contribution in [0, 0.1) is 0 Å². The van der Waals surface area contributed by atoms with Crippen LogP contribution >= 0.6 is 11.8 Å². The molecule has 0 aliphatic carbocycles. The highest BCUT2D eigenvalue weighted by Crippen LogP contribution is 2.31. The van der Waals surface area contributed by atoms with E-state index in [-0.39, 0.29) is 29.0 Å². The quantitative estimate of drug-likeness (QED) is 0.311. The van der Waals surface area contributed by atoms with Crippen LogP contribution in [-0.4, -0.2) is 66.7 Å². The molecule has 3 aromatic rings. The number of nitrogens with zero attached hydrogens (tertiary/aromatic N) is 4. The van der Waals surface area contributed by atoms with E-state index in [2.05, 4.69) is 9.89 Å². The molecule has 1 saturated heterocycles. The molecule has 0 spiro atoms. The first-order chi connectivity index (χ1) is 19.4. The number of carbonyl (C=O) groups is 3. The standard InChI is InChI=1S/C31H30N4O4S/c1-22(36)23-12-14-25(15-13-23)33-16-18-34(19-17-33)29(37)21-40-31-32-27(20-24-8-6-7-11-28(24)39-2)30(38)35(31)26-9-4-3-5-10-26/h3-15,20H,16-19,21H2,1-2H3/b27-20-. The summed E-state index contributed by atoms with van der Waals surface area (Å²) in [5, 5.41) is 0.467. The zero-order valence-electron chi connectivity index (χ0n) is 22.4. The van der Waals surface area contributed by atoms with Crippen molar-refractivity contribution in [1.82, 2.24) is 4.90 Å². The topological polar surface area (TPSA) is 82.5 Å². The van der Waals surface area contributed by atoms with Crippen molar-refractivity contribution in [3.63, 3.8) is 0 Å². The van der Waals surface area contributed by atoms with Gasteiger partial charge < -0.3 is 14.5 Å². The van der Waals surface area contributed by atoms with Crippen molar-refractivity contribution in [2.24, 2.45) is 4.99 Å². The van der Waals surface area contributed by atoms with Crippen molar-refractivity contribution < 1.29 is 19.1 Å². The van der Waals surface area contributed by atoms with Gasteiger partial charge in [-0.2, -0.15) is 0 Å². The molecule has 40 heavy (non-hydrogen) atoms. The van der Waals surface area contributed by atoms with Crippen molar-refractivity contribution in [2.75, 3.05) is 48.8 Å². The summed E-state index contributed by atoms with van der Waals surface area (Å²) in [4.78, 5) is 48.4. The van der Waals surface area contributed by atoms with Crippen LogP contribution in [0.2, 0.25) is 0 Å². The number of amidine groups is 1. The van der Waals surface area contributed by atoms with Gasteiger partial charge in [0.15, 0.2) is 11.0 Å². The van der Waals surface area contributed by atoms with Gasteiger partial charge in [0.1, 0.15) is 11.4 Å². The Labute approximate surface area is 237 Å². The Morgan fingerprint density at radius 3 is 2.25 bits per heavy atom. The van der Waals surface area contributed by atoms with Crippen LogP contribution in [0.4, 0.5) is 11.4 Å². The van der Waals surface area contributed by atoms with Gasteiger partial charge in [0.25, 0.3) is 5.91 Å². The van der Waals surface area contributed by atoms with Gasteiger partial charge in [-0.1, -0.05) is 48.2 Å². The molecule has 0 aromatic heterocycles. The molecule has 3 aromatic carbocycles. The summed E-state index contributed by atoms with van der Waals surface area (Å²) in [7, 11) is 1.59. The second kappa shape index (κ2) is 12.2. The van der Waals surface area contributed by atoms with Gasteiger partial charge in [0.2, 0.25) is 5.91 Å². The number of hydrogen-bond acceptors (Lipinski definition) is 7. The third-order valence-corrected chi connectivity index (χ3v) is 7.79. The summed E-state index contributed by atoms with van der Waals surface area (Å²) in [5.41, 5.74) is 3.46. The maximum atomic E-state index is 13.5. The molecule has 0 unspecified atom stereocenters. The van der Waals surface area contributed by atoms with Gasteiger partial charge in [-0.05, 0) is 55.5 Å². The number of benzene rings is 3. The number of para-hydroxylation sites is 2. The molecular formula is C31H30N4O4S. The zero-order valence-corrected chi connectivity index (χ0v) is 23.3. The first-order valence-corrected chi connectivity index (χ1v) is 14.0. The highest BCUT2D eigenvalue weighted by molar-refractivity contribution is 8.14. The average molecular weight is 555 g/mol. The number of methoxy groups -OCH3 is 1. The molecule has 5 rings (SSSR count). The molecule has 0 N–H and O–H groups in total. The van der Waals surface area contributed by atoms with Gasteiger partial charge in [-0.3, -0.25) is 19.3 Å². The van der Waals surface area contributed by atoms with Gasteiger partial charge in [0.05, 0.1) is 18.6 Å². The number of carbonyl (C=O) groups excluding carboxylic acids is 3. The van der Waals surface area contributed by atoms with Crippen LogP contribution in [0.3, 0.4) is 0 Å². The fourth-order valence-electron chi connectivity index (χ4n) is 4.67. The van der Waals surface area contributed by atoms with Crippen molar-refractivity contribution in [3.05, 3.63) is 95.7 Å². The first kappa shape index (κ1) is 27.2. The maximum Gasteiger partial charge on any atom is 0.283 e. The molecule has 2 heterocycles. The summed E-state index contributed by atoms with van der Waals surface area (Å²) in [6.07, 6.45) is 1.72. The van der Waals surface area contributed by atoms with Crippen molar-refractivity contribution >= 4 is 52.0 Å². The smallest absolute Gasteiger partial charge is 0.283 e. The average Bonchev–Trinajstić information content (AvgIpc) is 3.31. The molecule has 0 radical (unpaired) electrons. The Bertz CT molecular complexity index is 1460. The molecule has 8 nitrogen and oxygen atoms in total. The van der Waals surface area contributed by atoms with Crippen LogP contribution in [0.1, 0.15) is 22.8 Å². The van der Waals surface area contributed by atoms with Crippen LogP contribution < -0.4 is 14.5 Å². The van der Waals surface area contributed by atoms with Gasteiger partial charge in [-0.25, -0.2) is 4.99 Å². The summed E-state index contributed by atoms with van der Waals surface area (Å²) < 4.78 is 5.44. The minimum atomic E-state index is -0.253. The Morgan fingerprint density at radius 2 is 1.57 bits per heavy atom. The number of rotatable bonds is 7. The number of amides is 2. The lowest BCUT2D eigenvalue weighted by molar-refractivity contribution is -0.128. The summed E-state index contributed by atoms with van der Waals surface area (Å²) >= 11 is 1.26.